The minimum absolute atomic E-state index is 0.0346. The van der Waals surface area contributed by atoms with Crippen molar-refractivity contribution >= 4 is 17.3 Å². The summed E-state index contributed by atoms with van der Waals surface area (Å²) < 4.78 is 7.04. The Balaban J connectivity index is 1.50. The van der Waals surface area contributed by atoms with Crippen LogP contribution in [0.1, 0.15) is 5.56 Å². The first-order chi connectivity index (χ1) is 12.6. The van der Waals surface area contributed by atoms with Crippen LogP contribution in [0.4, 0.5) is 11.4 Å². The van der Waals surface area contributed by atoms with E-state index in [0.717, 1.165) is 5.56 Å². The van der Waals surface area contributed by atoms with E-state index in [1.54, 1.807) is 17.1 Å². The minimum Gasteiger partial charge on any atom is -0.484 e. The molecule has 1 amide bonds. The van der Waals surface area contributed by atoms with E-state index in [2.05, 4.69) is 10.4 Å². The zero-order chi connectivity index (χ0) is 18.4. The topological polar surface area (TPSA) is 99.3 Å². The van der Waals surface area contributed by atoms with Gasteiger partial charge in [-0.1, -0.05) is 30.3 Å². The number of hydrogen-bond acceptors (Lipinski definition) is 5. The predicted octanol–water partition coefficient (Wildman–Crippen LogP) is 2.86. The molecule has 0 saturated carbocycles. The lowest BCUT2D eigenvalue weighted by Gasteiger charge is -2.06. The van der Waals surface area contributed by atoms with Gasteiger partial charge in [0.1, 0.15) is 5.75 Å². The monoisotopic (exact) mass is 352 g/mol. The molecule has 0 aliphatic carbocycles. The molecule has 132 valence electrons. The lowest BCUT2D eigenvalue weighted by molar-refractivity contribution is -0.384. The third-order valence-corrected chi connectivity index (χ3v) is 3.52. The van der Waals surface area contributed by atoms with Crippen LogP contribution < -0.4 is 10.1 Å². The summed E-state index contributed by atoms with van der Waals surface area (Å²) in [6, 6.07) is 15.4. The summed E-state index contributed by atoms with van der Waals surface area (Å²) in [6.07, 6.45) is 3.30. The van der Waals surface area contributed by atoms with Gasteiger partial charge in [0.2, 0.25) is 0 Å². The van der Waals surface area contributed by atoms with Crippen LogP contribution >= 0.6 is 0 Å². The standard InChI is InChI=1S/C18H16N4O4/c23-18(13-26-17-8-6-16(7-9-17)22(24)25)20-15-10-19-21(12-15)11-14-4-2-1-3-5-14/h1-10,12H,11,13H2,(H,20,23). The smallest absolute Gasteiger partial charge is 0.269 e. The quantitative estimate of drug-likeness (QED) is 0.521. The van der Waals surface area contributed by atoms with Crippen LogP contribution in [0.25, 0.3) is 0 Å². The van der Waals surface area contributed by atoms with Crippen LogP contribution in [-0.4, -0.2) is 27.2 Å². The van der Waals surface area contributed by atoms with Gasteiger partial charge in [0.05, 0.1) is 23.4 Å². The van der Waals surface area contributed by atoms with E-state index in [0.29, 0.717) is 18.0 Å². The zero-order valence-electron chi connectivity index (χ0n) is 13.7. The molecule has 8 heteroatoms. The summed E-state index contributed by atoms with van der Waals surface area (Å²) >= 11 is 0. The Morgan fingerprint density at radius 1 is 1.15 bits per heavy atom. The number of ether oxygens (including phenoxy) is 1. The largest absolute Gasteiger partial charge is 0.484 e. The molecule has 8 nitrogen and oxygen atoms in total. The molecule has 2 aromatic carbocycles. The molecule has 0 saturated heterocycles. The number of hydrogen-bond donors (Lipinski definition) is 1. The van der Waals surface area contributed by atoms with Gasteiger partial charge >= 0.3 is 0 Å². The van der Waals surface area contributed by atoms with Crippen LogP contribution in [0.15, 0.2) is 67.0 Å². The number of nitro groups is 1. The van der Waals surface area contributed by atoms with Gasteiger partial charge in [0.15, 0.2) is 6.61 Å². The molecule has 3 aromatic rings. The van der Waals surface area contributed by atoms with E-state index >= 15 is 0 Å². The van der Waals surface area contributed by atoms with Crippen molar-refractivity contribution in [3.05, 3.63) is 82.7 Å². The van der Waals surface area contributed by atoms with Gasteiger partial charge in [-0.15, -0.1) is 0 Å². The Morgan fingerprint density at radius 2 is 1.88 bits per heavy atom. The number of benzene rings is 2. The van der Waals surface area contributed by atoms with Crippen LogP contribution in [0.3, 0.4) is 0 Å². The number of nitrogens with zero attached hydrogens (tertiary/aromatic N) is 3. The van der Waals surface area contributed by atoms with Crippen LogP contribution in [0.2, 0.25) is 0 Å². The van der Waals surface area contributed by atoms with Gasteiger partial charge in [-0.3, -0.25) is 19.6 Å². The second kappa shape index (κ2) is 7.93. The van der Waals surface area contributed by atoms with Crippen molar-refractivity contribution in [3.63, 3.8) is 0 Å². The second-order valence-electron chi connectivity index (χ2n) is 5.50. The molecule has 3 rings (SSSR count). The first-order valence-corrected chi connectivity index (χ1v) is 7.83. The van der Waals surface area contributed by atoms with E-state index < -0.39 is 4.92 Å². The second-order valence-corrected chi connectivity index (χ2v) is 5.50. The lowest BCUT2D eigenvalue weighted by Crippen LogP contribution is -2.19. The van der Waals surface area contributed by atoms with Gasteiger partial charge in [0.25, 0.3) is 11.6 Å². The summed E-state index contributed by atoms with van der Waals surface area (Å²) in [4.78, 5) is 22.0. The highest BCUT2D eigenvalue weighted by molar-refractivity contribution is 5.91. The maximum absolute atomic E-state index is 11.9. The maximum Gasteiger partial charge on any atom is 0.269 e. The highest BCUT2D eigenvalue weighted by Gasteiger charge is 2.08. The van der Waals surface area contributed by atoms with E-state index in [1.165, 1.54) is 24.3 Å². The molecule has 0 atom stereocenters. The summed E-state index contributed by atoms with van der Waals surface area (Å²) in [5, 5.41) is 17.5. The highest BCUT2D eigenvalue weighted by atomic mass is 16.6. The fourth-order valence-electron chi connectivity index (χ4n) is 2.30. The summed E-state index contributed by atoms with van der Waals surface area (Å²) in [6.45, 7) is 0.400. The van der Waals surface area contributed by atoms with E-state index in [-0.39, 0.29) is 18.2 Å². The average Bonchev–Trinajstić information content (AvgIpc) is 3.08. The minimum atomic E-state index is -0.496. The summed E-state index contributed by atoms with van der Waals surface area (Å²) in [7, 11) is 0. The molecule has 0 bridgehead atoms. The number of anilines is 1. The van der Waals surface area contributed by atoms with Gasteiger partial charge in [-0.2, -0.15) is 5.10 Å². The molecule has 0 fully saturated rings. The number of nitrogens with one attached hydrogen (secondary N) is 1. The lowest BCUT2D eigenvalue weighted by atomic mass is 10.2. The number of rotatable bonds is 7. The van der Waals surface area contributed by atoms with Crippen molar-refractivity contribution in [3.8, 4) is 5.75 Å². The molecular formula is C18H16N4O4. The first kappa shape index (κ1) is 17.2. The normalized spacial score (nSPS) is 10.3. The summed E-state index contributed by atoms with van der Waals surface area (Å²) in [5.74, 6) is 0.0353. The van der Waals surface area contributed by atoms with Gasteiger partial charge in [-0.25, -0.2) is 0 Å². The Morgan fingerprint density at radius 3 is 2.58 bits per heavy atom. The van der Waals surface area contributed by atoms with Crippen molar-refractivity contribution in [2.24, 2.45) is 0 Å². The highest BCUT2D eigenvalue weighted by Crippen LogP contribution is 2.17. The average molecular weight is 352 g/mol. The Bertz CT molecular complexity index is 891. The van der Waals surface area contributed by atoms with Crippen molar-refractivity contribution in [2.45, 2.75) is 6.54 Å². The molecule has 0 aliphatic rings. The van der Waals surface area contributed by atoms with Gasteiger partial charge in [0, 0.05) is 18.3 Å². The molecule has 0 radical (unpaired) electrons. The molecule has 0 spiro atoms. The third-order valence-electron chi connectivity index (χ3n) is 3.52. The number of aromatic nitrogens is 2. The van der Waals surface area contributed by atoms with Crippen LogP contribution in [0, 0.1) is 10.1 Å². The van der Waals surface area contributed by atoms with E-state index in [9.17, 15) is 14.9 Å². The molecule has 26 heavy (non-hydrogen) atoms. The Kier molecular flexibility index (Phi) is 5.23. The Hall–Kier alpha value is -3.68. The van der Waals surface area contributed by atoms with Crippen LogP contribution in [0.5, 0.6) is 5.75 Å². The van der Waals surface area contributed by atoms with E-state index in [1.807, 2.05) is 30.3 Å². The fraction of sp³-hybridized carbons (Fsp3) is 0.111. The number of carbonyl (C=O) groups excluding carboxylic acids is 1. The molecule has 1 N–H and O–H groups in total. The third kappa shape index (κ3) is 4.67. The van der Waals surface area contributed by atoms with E-state index in [4.69, 9.17) is 4.74 Å². The van der Waals surface area contributed by atoms with Crippen molar-refractivity contribution in [2.75, 3.05) is 11.9 Å². The SMILES string of the molecule is O=C(COc1ccc([N+](=O)[O-])cc1)Nc1cnn(Cc2ccccc2)c1. The molecule has 0 aliphatic heterocycles. The maximum atomic E-state index is 11.9. The fourth-order valence-corrected chi connectivity index (χ4v) is 2.30. The zero-order valence-corrected chi connectivity index (χ0v) is 13.7. The van der Waals surface area contributed by atoms with Crippen molar-refractivity contribution in [1.29, 1.82) is 0 Å². The molecule has 0 unspecified atom stereocenters. The summed E-state index contributed by atoms with van der Waals surface area (Å²) in [5.41, 5.74) is 1.64. The van der Waals surface area contributed by atoms with Gasteiger partial charge < -0.3 is 10.1 Å². The van der Waals surface area contributed by atoms with Crippen molar-refractivity contribution < 1.29 is 14.5 Å². The number of amides is 1. The van der Waals surface area contributed by atoms with Crippen LogP contribution in [-0.2, 0) is 11.3 Å². The molecular weight excluding hydrogens is 336 g/mol. The predicted molar refractivity (Wildman–Crippen MR) is 95.0 cm³/mol. The molecule has 1 heterocycles. The number of carbonyl (C=O) groups is 1. The molecule has 1 aromatic heterocycles. The number of nitro benzene ring substituents is 1. The Labute approximate surface area is 149 Å². The van der Waals surface area contributed by atoms with Gasteiger partial charge in [-0.05, 0) is 17.7 Å². The first-order valence-electron chi connectivity index (χ1n) is 7.83. The van der Waals surface area contributed by atoms with Crippen molar-refractivity contribution in [1.82, 2.24) is 9.78 Å². The number of non-ortho nitro benzene ring substituents is 1.